The van der Waals surface area contributed by atoms with Gasteiger partial charge in [-0.1, -0.05) is 0 Å². The first-order valence-corrected chi connectivity index (χ1v) is 3.96. The van der Waals surface area contributed by atoms with Crippen molar-refractivity contribution in [2.45, 2.75) is 0 Å². The molecule has 0 fully saturated rings. The summed E-state index contributed by atoms with van der Waals surface area (Å²) in [6, 6.07) is 1.24. The maximum atomic E-state index is 13.3. The molecule has 77 valence electrons. The molecule has 0 atom stereocenters. The Morgan fingerprint density at radius 3 is 1.93 bits per heavy atom. The Morgan fingerprint density at radius 1 is 1.00 bits per heavy atom. The summed E-state index contributed by atoms with van der Waals surface area (Å²) in [5.41, 5.74) is 0.419. The smallest absolute Gasteiger partial charge is 0.206 e. The van der Waals surface area contributed by atoms with Crippen LogP contribution in [0.4, 0.5) is 4.39 Å². The number of ether oxygens (including phenoxy) is 3. The minimum absolute atomic E-state index is 0.0248. The quantitative estimate of drug-likeness (QED) is 0.745. The number of rotatable bonds is 3. The van der Waals surface area contributed by atoms with Crippen LogP contribution < -0.4 is 14.2 Å². The highest BCUT2D eigenvalue weighted by atomic mass is 19.1. The second-order valence-corrected chi connectivity index (χ2v) is 2.62. The predicted molar refractivity (Wildman–Crippen MR) is 50.5 cm³/mol. The molecule has 1 aromatic carbocycles. The molecule has 0 aliphatic rings. The Hall–Kier alpha value is -1.45. The number of methoxy groups -OCH3 is 3. The third-order valence-electron chi connectivity index (χ3n) is 1.83. The van der Waals surface area contributed by atoms with Gasteiger partial charge in [0.15, 0.2) is 11.6 Å². The van der Waals surface area contributed by atoms with E-state index in [4.69, 9.17) is 14.2 Å². The Morgan fingerprint density at radius 2 is 1.50 bits per heavy atom. The van der Waals surface area contributed by atoms with Gasteiger partial charge in [0, 0.05) is 5.56 Å². The molecule has 4 heteroatoms. The van der Waals surface area contributed by atoms with Gasteiger partial charge in [0.05, 0.1) is 21.3 Å². The van der Waals surface area contributed by atoms with Crippen molar-refractivity contribution in [3.05, 3.63) is 24.4 Å². The molecule has 14 heavy (non-hydrogen) atoms. The van der Waals surface area contributed by atoms with Crippen LogP contribution in [-0.4, -0.2) is 21.3 Å². The lowest BCUT2D eigenvalue weighted by molar-refractivity contribution is 0.312. The average molecular weight is 199 g/mol. The van der Waals surface area contributed by atoms with E-state index < -0.39 is 5.82 Å². The van der Waals surface area contributed by atoms with Crippen molar-refractivity contribution in [1.29, 1.82) is 0 Å². The second-order valence-electron chi connectivity index (χ2n) is 2.62. The molecule has 0 aliphatic carbocycles. The first-order chi connectivity index (χ1) is 6.65. The summed E-state index contributed by atoms with van der Waals surface area (Å²) >= 11 is 0. The zero-order valence-electron chi connectivity index (χ0n) is 8.39. The van der Waals surface area contributed by atoms with Crippen LogP contribution in [0.5, 0.6) is 17.2 Å². The minimum atomic E-state index is -0.518. The number of benzene rings is 1. The van der Waals surface area contributed by atoms with Crippen molar-refractivity contribution in [3.8, 4) is 17.2 Å². The Labute approximate surface area is 82.4 Å². The first kappa shape index (κ1) is 10.6. The Balaban J connectivity index is 3.43. The van der Waals surface area contributed by atoms with Crippen LogP contribution in [-0.2, 0) is 0 Å². The molecule has 1 radical (unpaired) electrons. The van der Waals surface area contributed by atoms with E-state index in [1.54, 1.807) is 0 Å². The maximum absolute atomic E-state index is 13.3. The van der Waals surface area contributed by atoms with Crippen LogP contribution in [0.2, 0.25) is 0 Å². The molecule has 0 aliphatic heterocycles. The molecule has 0 spiro atoms. The summed E-state index contributed by atoms with van der Waals surface area (Å²) < 4.78 is 28.2. The van der Waals surface area contributed by atoms with Gasteiger partial charge in [-0.05, 0) is 13.0 Å². The van der Waals surface area contributed by atoms with Crippen molar-refractivity contribution in [1.82, 2.24) is 0 Å². The summed E-state index contributed by atoms with van der Waals surface area (Å²) in [4.78, 5) is 0. The highest BCUT2D eigenvalue weighted by Crippen LogP contribution is 2.41. The first-order valence-electron chi connectivity index (χ1n) is 3.96. The summed E-state index contributed by atoms with van der Waals surface area (Å²) in [7, 11) is 4.24. The van der Waals surface area contributed by atoms with Crippen LogP contribution >= 0.6 is 0 Å². The normalized spacial score (nSPS) is 9.79. The van der Waals surface area contributed by atoms with Gasteiger partial charge in [-0.3, -0.25) is 0 Å². The van der Waals surface area contributed by atoms with Crippen LogP contribution in [0.25, 0.3) is 0 Å². The topological polar surface area (TPSA) is 27.7 Å². The molecule has 1 rings (SSSR count). The zero-order valence-corrected chi connectivity index (χ0v) is 8.39. The molecule has 0 amide bonds. The van der Waals surface area contributed by atoms with E-state index in [9.17, 15) is 4.39 Å². The SMILES string of the molecule is [CH2]c1cc(F)c(OC)c(OC)c1OC. The molecule has 0 bridgehead atoms. The van der Waals surface area contributed by atoms with Crippen LogP contribution in [0.15, 0.2) is 6.07 Å². The molecule has 0 aromatic heterocycles. The van der Waals surface area contributed by atoms with Crippen molar-refractivity contribution in [2.24, 2.45) is 0 Å². The highest BCUT2D eigenvalue weighted by molar-refractivity contribution is 5.57. The number of hydrogen-bond donors (Lipinski definition) is 0. The van der Waals surface area contributed by atoms with Gasteiger partial charge in [0.25, 0.3) is 0 Å². The van der Waals surface area contributed by atoms with Crippen LogP contribution in [0.3, 0.4) is 0 Å². The zero-order chi connectivity index (χ0) is 10.7. The Bertz CT molecular complexity index is 308. The van der Waals surface area contributed by atoms with Crippen molar-refractivity contribution < 1.29 is 18.6 Å². The second kappa shape index (κ2) is 4.17. The summed E-state index contributed by atoms with van der Waals surface area (Å²) in [5.74, 6) is 0.109. The largest absolute Gasteiger partial charge is 0.492 e. The molecule has 1 aromatic rings. The highest BCUT2D eigenvalue weighted by Gasteiger charge is 2.18. The van der Waals surface area contributed by atoms with Crippen LogP contribution in [0, 0.1) is 12.7 Å². The maximum Gasteiger partial charge on any atom is 0.206 e. The minimum Gasteiger partial charge on any atom is -0.492 e. The van der Waals surface area contributed by atoms with Crippen LogP contribution in [0.1, 0.15) is 5.56 Å². The predicted octanol–water partition coefficient (Wildman–Crippen LogP) is 2.03. The fourth-order valence-electron chi connectivity index (χ4n) is 1.24. The third kappa shape index (κ3) is 1.60. The molecule has 3 nitrogen and oxygen atoms in total. The third-order valence-corrected chi connectivity index (χ3v) is 1.83. The fraction of sp³-hybridized carbons (Fsp3) is 0.300. The molecule has 0 N–H and O–H groups in total. The summed E-state index contributed by atoms with van der Waals surface area (Å²) in [6.45, 7) is 3.64. The van der Waals surface area contributed by atoms with Gasteiger partial charge in [-0.15, -0.1) is 0 Å². The van der Waals surface area contributed by atoms with Gasteiger partial charge in [-0.2, -0.15) is 0 Å². The summed E-state index contributed by atoms with van der Waals surface area (Å²) in [6.07, 6.45) is 0. The van der Waals surface area contributed by atoms with E-state index in [-0.39, 0.29) is 11.5 Å². The van der Waals surface area contributed by atoms with Gasteiger partial charge in [0.1, 0.15) is 0 Å². The lowest BCUT2D eigenvalue weighted by Gasteiger charge is -2.14. The van der Waals surface area contributed by atoms with E-state index in [0.29, 0.717) is 11.3 Å². The lowest BCUT2D eigenvalue weighted by Crippen LogP contribution is -1.99. The standard InChI is InChI=1S/C10H12FO3/c1-6-5-7(11)9(13-3)10(14-4)8(6)12-2/h5H,1H2,2-4H3. The molecule has 0 saturated carbocycles. The number of hydrogen-bond acceptors (Lipinski definition) is 3. The molecular weight excluding hydrogens is 187 g/mol. The molecule has 0 heterocycles. The van der Waals surface area contributed by atoms with E-state index in [1.165, 1.54) is 27.4 Å². The molecular formula is C10H12FO3. The summed E-state index contributed by atoms with van der Waals surface area (Å²) in [5, 5.41) is 0. The van der Waals surface area contributed by atoms with Gasteiger partial charge in [-0.25, -0.2) is 4.39 Å². The van der Waals surface area contributed by atoms with E-state index in [0.717, 1.165) is 0 Å². The lowest BCUT2D eigenvalue weighted by atomic mass is 10.2. The molecule has 0 unspecified atom stereocenters. The molecule has 0 saturated heterocycles. The fourth-order valence-corrected chi connectivity index (χ4v) is 1.24. The van der Waals surface area contributed by atoms with E-state index >= 15 is 0 Å². The average Bonchev–Trinajstić information content (AvgIpc) is 2.16. The number of halogens is 1. The monoisotopic (exact) mass is 199 g/mol. The van der Waals surface area contributed by atoms with Crippen molar-refractivity contribution in [3.63, 3.8) is 0 Å². The Kier molecular flexibility index (Phi) is 3.17. The van der Waals surface area contributed by atoms with Gasteiger partial charge >= 0.3 is 0 Å². The van der Waals surface area contributed by atoms with Crippen molar-refractivity contribution in [2.75, 3.05) is 21.3 Å². The van der Waals surface area contributed by atoms with Crippen molar-refractivity contribution >= 4 is 0 Å². The van der Waals surface area contributed by atoms with E-state index in [2.05, 4.69) is 6.92 Å². The van der Waals surface area contributed by atoms with Gasteiger partial charge < -0.3 is 14.2 Å². The van der Waals surface area contributed by atoms with E-state index in [1.807, 2.05) is 0 Å². The van der Waals surface area contributed by atoms with Gasteiger partial charge in [0.2, 0.25) is 11.5 Å².